The topological polar surface area (TPSA) is 63.4 Å². The third kappa shape index (κ3) is 4.80. The van der Waals surface area contributed by atoms with Gasteiger partial charge in [-0.15, -0.1) is 16.4 Å². The normalized spacial score (nSPS) is 11.2. The maximum atomic E-state index is 5.74. The highest BCUT2D eigenvalue weighted by molar-refractivity contribution is 7.09. The van der Waals surface area contributed by atoms with Gasteiger partial charge in [0.15, 0.2) is 0 Å². The first-order valence-electron chi connectivity index (χ1n) is 7.01. The van der Waals surface area contributed by atoms with Gasteiger partial charge in [0.2, 0.25) is 5.89 Å². The molecule has 1 N–H and O–H groups in total. The minimum Gasteiger partial charge on any atom is -0.407 e. The molecule has 0 saturated heterocycles. The molecule has 0 aliphatic rings. The fraction of sp³-hybridized carbons (Fsp3) is 0.571. The van der Waals surface area contributed by atoms with Crippen LogP contribution in [0, 0.1) is 0 Å². The number of rotatable bonds is 9. The van der Waals surface area contributed by atoms with Gasteiger partial charge < -0.3 is 19.4 Å². The Hall–Kier alpha value is -1.44. The molecule has 0 radical (unpaired) electrons. The van der Waals surface area contributed by atoms with Crippen molar-refractivity contribution in [1.29, 1.82) is 0 Å². The summed E-state index contributed by atoms with van der Waals surface area (Å²) in [4.78, 5) is 3.39. The van der Waals surface area contributed by atoms with Crippen molar-refractivity contribution < 1.29 is 9.15 Å². The van der Waals surface area contributed by atoms with Gasteiger partial charge in [0, 0.05) is 24.6 Å². The molecule has 0 atom stereocenters. The average Bonchev–Trinajstić information content (AvgIpc) is 3.12. The molecule has 6 nitrogen and oxygen atoms in total. The SMILES string of the molecule is COCCNCc1nnc(N(Cc2cccs2)C(C)C)o1. The van der Waals surface area contributed by atoms with Crippen LogP contribution in [0.3, 0.4) is 0 Å². The van der Waals surface area contributed by atoms with Crippen molar-refractivity contribution in [2.24, 2.45) is 0 Å². The fourth-order valence-corrected chi connectivity index (χ4v) is 2.55. The minimum absolute atomic E-state index is 0.293. The highest BCUT2D eigenvalue weighted by Crippen LogP contribution is 2.20. The zero-order valence-electron chi connectivity index (χ0n) is 12.7. The monoisotopic (exact) mass is 310 g/mol. The third-order valence-corrected chi connectivity index (χ3v) is 3.85. The molecule has 0 unspecified atom stereocenters. The van der Waals surface area contributed by atoms with Crippen LogP contribution in [-0.4, -0.2) is 36.5 Å². The zero-order chi connectivity index (χ0) is 15.1. The summed E-state index contributed by atoms with van der Waals surface area (Å²) in [5.74, 6) is 0.595. The standard InChI is InChI=1S/C14H22N4O2S/c1-11(2)18(10-12-5-4-8-21-12)14-17-16-13(20-14)9-15-6-7-19-3/h4-5,8,11,15H,6-7,9-10H2,1-3H3. The molecule has 0 fully saturated rings. The highest BCUT2D eigenvalue weighted by atomic mass is 32.1. The second-order valence-corrected chi connectivity index (χ2v) is 5.98. The molecule has 2 heterocycles. The summed E-state index contributed by atoms with van der Waals surface area (Å²) in [6.07, 6.45) is 0. The van der Waals surface area contributed by atoms with Crippen LogP contribution in [0.5, 0.6) is 0 Å². The summed E-state index contributed by atoms with van der Waals surface area (Å²) in [7, 11) is 1.68. The van der Waals surface area contributed by atoms with Gasteiger partial charge in [0.1, 0.15) is 0 Å². The van der Waals surface area contributed by atoms with Gasteiger partial charge in [-0.1, -0.05) is 11.2 Å². The summed E-state index contributed by atoms with van der Waals surface area (Å²) >= 11 is 1.73. The predicted molar refractivity (Wildman–Crippen MR) is 83.5 cm³/mol. The Morgan fingerprint density at radius 1 is 1.43 bits per heavy atom. The summed E-state index contributed by atoms with van der Waals surface area (Å²) in [6.45, 7) is 7.01. The lowest BCUT2D eigenvalue weighted by molar-refractivity contribution is 0.198. The number of nitrogens with zero attached hydrogens (tertiary/aromatic N) is 3. The lowest BCUT2D eigenvalue weighted by Gasteiger charge is -2.23. The first-order chi connectivity index (χ1) is 10.2. The molecule has 2 rings (SSSR count). The van der Waals surface area contributed by atoms with Crippen LogP contribution < -0.4 is 10.2 Å². The number of aromatic nitrogens is 2. The second kappa shape index (κ2) is 8.11. The summed E-state index contributed by atoms with van der Waals surface area (Å²) in [5, 5.41) is 13.5. The Bertz CT molecular complexity index is 513. The number of anilines is 1. The van der Waals surface area contributed by atoms with Crippen LogP contribution >= 0.6 is 11.3 Å². The third-order valence-electron chi connectivity index (χ3n) is 2.99. The molecule has 2 aromatic rings. The molecule has 0 spiro atoms. The van der Waals surface area contributed by atoms with E-state index >= 15 is 0 Å². The summed E-state index contributed by atoms with van der Waals surface area (Å²) in [5.41, 5.74) is 0. The smallest absolute Gasteiger partial charge is 0.318 e. The van der Waals surface area contributed by atoms with E-state index in [1.54, 1.807) is 18.4 Å². The largest absolute Gasteiger partial charge is 0.407 e. The van der Waals surface area contributed by atoms with Gasteiger partial charge in [-0.2, -0.15) is 0 Å². The van der Waals surface area contributed by atoms with E-state index in [2.05, 4.69) is 51.8 Å². The number of ether oxygens (including phenoxy) is 1. The van der Waals surface area contributed by atoms with Crippen molar-refractivity contribution >= 4 is 17.4 Å². The van der Waals surface area contributed by atoms with Crippen LogP contribution in [0.25, 0.3) is 0 Å². The van der Waals surface area contributed by atoms with Crippen LogP contribution in [0.15, 0.2) is 21.9 Å². The van der Waals surface area contributed by atoms with E-state index in [1.165, 1.54) is 4.88 Å². The van der Waals surface area contributed by atoms with E-state index < -0.39 is 0 Å². The van der Waals surface area contributed by atoms with E-state index in [0.29, 0.717) is 31.1 Å². The predicted octanol–water partition coefficient (Wildman–Crippen LogP) is 2.28. The van der Waals surface area contributed by atoms with Gasteiger partial charge in [-0.25, -0.2) is 0 Å². The molecular formula is C14H22N4O2S. The lowest BCUT2D eigenvalue weighted by Crippen LogP contribution is -2.30. The lowest BCUT2D eigenvalue weighted by atomic mass is 10.3. The zero-order valence-corrected chi connectivity index (χ0v) is 13.5. The number of methoxy groups -OCH3 is 1. The van der Waals surface area contributed by atoms with Crippen molar-refractivity contribution in [3.05, 3.63) is 28.3 Å². The van der Waals surface area contributed by atoms with E-state index in [4.69, 9.17) is 9.15 Å². The van der Waals surface area contributed by atoms with Gasteiger partial charge in [-0.3, -0.25) is 0 Å². The van der Waals surface area contributed by atoms with Gasteiger partial charge >= 0.3 is 6.01 Å². The minimum atomic E-state index is 0.293. The molecule has 0 saturated carbocycles. The quantitative estimate of drug-likeness (QED) is 0.717. The number of hydrogen-bond acceptors (Lipinski definition) is 7. The van der Waals surface area contributed by atoms with Crippen LogP contribution in [-0.2, 0) is 17.8 Å². The first kappa shape index (κ1) is 15.9. The number of hydrogen-bond donors (Lipinski definition) is 1. The fourth-order valence-electron chi connectivity index (χ4n) is 1.84. The van der Waals surface area contributed by atoms with E-state index in [-0.39, 0.29) is 0 Å². The Balaban J connectivity index is 1.95. The maximum absolute atomic E-state index is 5.74. The van der Waals surface area contributed by atoms with Gasteiger partial charge in [-0.05, 0) is 25.3 Å². The van der Waals surface area contributed by atoms with Crippen LogP contribution in [0.2, 0.25) is 0 Å². The summed E-state index contributed by atoms with van der Waals surface area (Å²) in [6, 6.07) is 5.03. The van der Waals surface area contributed by atoms with E-state index in [0.717, 1.165) is 13.1 Å². The molecule has 0 bridgehead atoms. The van der Waals surface area contributed by atoms with Crippen molar-refractivity contribution in [3.8, 4) is 0 Å². The van der Waals surface area contributed by atoms with Crippen molar-refractivity contribution in [2.45, 2.75) is 33.0 Å². The molecule has 0 aliphatic carbocycles. The molecule has 116 valence electrons. The van der Waals surface area contributed by atoms with E-state index in [1.807, 2.05) is 0 Å². The Morgan fingerprint density at radius 3 is 2.95 bits per heavy atom. The van der Waals surface area contributed by atoms with E-state index in [9.17, 15) is 0 Å². The van der Waals surface area contributed by atoms with Crippen molar-refractivity contribution in [2.75, 3.05) is 25.2 Å². The Kier molecular flexibility index (Phi) is 6.16. The molecule has 2 aromatic heterocycles. The number of thiophene rings is 1. The van der Waals surface area contributed by atoms with Crippen molar-refractivity contribution in [1.82, 2.24) is 15.5 Å². The molecule has 7 heteroatoms. The molecule has 0 amide bonds. The van der Waals surface area contributed by atoms with Crippen LogP contribution in [0.1, 0.15) is 24.6 Å². The molecule has 0 aromatic carbocycles. The number of nitrogens with one attached hydrogen (secondary N) is 1. The van der Waals surface area contributed by atoms with Gasteiger partial charge in [0.25, 0.3) is 0 Å². The molecule has 0 aliphatic heterocycles. The second-order valence-electron chi connectivity index (χ2n) is 4.95. The highest BCUT2D eigenvalue weighted by Gasteiger charge is 2.18. The summed E-state index contributed by atoms with van der Waals surface area (Å²) < 4.78 is 10.7. The Morgan fingerprint density at radius 2 is 2.29 bits per heavy atom. The maximum Gasteiger partial charge on any atom is 0.318 e. The molecular weight excluding hydrogens is 288 g/mol. The first-order valence-corrected chi connectivity index (χ1v) is 7.89. The van der Waals surface area contributed by atoms with Gasteiger partial charge in [0.05, 0.1) is 19.7 Å². The van der Waals surface area contributed by atoms with Crippen LogP contribution in [0.4, 0.5) is 6.01 Å². The molecule has 21 heavy (non-hydrogen) atoms. The average molecular weight is 310 g/mol. The Labute approximate surface area is 129 Å². The van der Waals surface area contributed by atoms with Crippen molar-refractivity contribution in [3.63, 3.8) is 0 Å².